The highest BCUT2D eigenvalue weighted by atomic mass is 16.1. The van der Waals surface area contributed by atoms with E-state index in [2.05, 4.69) is 15.5 Å². The summed E-state index contributed by atoms with van der Waals surface area (Å²) >= 11 is 0. The van der Waals surface area contributed by atoms with Crippen LogP contribution in [0.2, 0.25) is 0 Å². The standard InChI is InChI=1S/C14H19N5O/c1-3-10(8-15)14(20)17-12-6-4-5-11(7-12)13-18-16-9-19(13)2/h4-7,9-10H,3,8,15H2,1-2H3,(H,17,20). The van der Waals surface area contributed by atoms with Crippen molar-refractivity contribution in [2.24, 2.45) is 18.7 Å². The van der Waals surface area contributed by atoms with E-state index < -0.39 is 0 Å². The van der Waals surface area contributed by atoms with Crippen molar-refractivity contribution in [1.29, 1.82) is 0 Å². The molecule has 0 fully saturated rings. The van der Waals surface area contributed by atoms with Crippen molar-refractivity contribution in [3.05, 3.63) is 30.6 Å². The zero-order valence-electron chi connectivity index (χ0n) is 11.7. The van der Waals surface area contributed by atoms with Gasteiger partial charge in [-0.05, 0) is 18.6 Å². The molecule has 6 heteroatoms. The Labute approximate surface area is 118 Å². The molecule has 0 radical (unpaired) electrons. The average Bonchev–Trinajstić information content (AvgIpc) is 2.86. The van der Waals surface area contributed by atoms with Crippen molar-refractivity contribution >= 4 is 11.6 Å². The number of rotatable bonds is 5. The molecule has 0 aliphatic rings. The molecule has 0 saturated heterocycles. The summed E-state index contributed by atoms with van der Waals surface area (Å²) in [6, 6.07) is 7.54. The van der Waals surface area contributed by atoms with Crippen LogP contribution in [0, 0.1) is 5.92 Å². The van der Waals surface area contributed by atoms with E-state index in [-0.39, 0.29) is 11.8 Å². The Bertz CT molecular complexity index is 589. The monoisotopic (exact) mass is 273 g/mol. The molecule has 1 amide bonds. The second-order valence-corrected chi connectivity index (χ2v) is 4.68. The quantitative estimate of drug-likeness (QED) is 0.862. The maximum Gasteiger partial charge on any atom is 0.228 e. The van der Waals surface area contributed by atoms with E-state index in [4.69, 9.17) is 5.73 Å². The molecule has 20 heavy (non-hydrogen) atoms. The fourth-order valence-electron chi connectivity index (χ4n) is 1.98. The molecule has 3 N–H and O–H groups in total. The minimum Gasteiger partial charge on any atom is -0.330 e. The van der Waals surface area contributed by atoms with Gasteiger partial charge in [0.1, 0.15) is 6.33 Å². The van der Waals surface area contributed by atoms with Crippen LogP contribution in [0.1, 0.15) is 13.3 Å². The summed E-state index contributed by atoms with van der Waals surface area (Å²) in [6.45, 7) is 2.30. The number of aryl methyl sites for hydroxylation is 1. The highest BCUT2D eigenvalue weighted by molar-refractivity contribution is 5.93. The van der Waals surface area contributed by atoms with Gasteiger partial charge >= 0.3 is 0 Å². The van der Waals surface area contributed by atoms with Gasteiger partial charge in [0.2, 0.25) is 5.91 Å². The maximum atomic E-state index is 12.0. The molecule has 1 atom stereocenters. The molecule has 0 spiro atoms. The van der Waals surface area contributed by atoms with Crippen molar-refractivity contribution in [2.45, 2.75) is 13.3 Å². The molecule has 0 aliphatic carbocycles. The van der Waals surface area contributed by atoms with Crippen LogP contribution in [-0.4, -0.2) is 27.2 Å². The number of carbonyl (C=O) groups is 1. The normalized spacial score (nSPS) is 12.2. The number of nitrogens with zero attached hydrogens (tertiary/aromatic N) is 3. The van der Waals surface area contributed by atoms with E-state index >= 15 is 0 Å². The van der Waals surface area contributed by atoms with Crippen LogP contribution in [0.25, 0.3) is 11.4 Å². The van der Waals surface area contributed by atoms with Crippen LogP contribution in [0.3, 0.4) is 0 Å². The number of hydrogen-bond acceptors (Lipinski definition) is 4. The van der Waals surface area contributed by atoms with Crippen LogP contribution < -0.4 is 11.1 Å². The van der Waals surface area contributed by atoms with Crippen LogP contribution in [0.5, 0.6) is 0 Å². The van der Waals surface area contributed by atoms with Gasteiger partial charge in [0.25, 0.3) is 0 Å². The average molecular weight is 273 g/mol. The van der Waals surface area contributed by atoms with Gasteiger partial charge in [-0.2, -0.15) is 0 Å². The summed E-state index contributed by atoms with van der Waals surface area (Å²) in [7, 11) is 1.88. The van der Waals surface area contributed by atoms with Gasteiger partial charge in [-0.1, -0.05) is 19.1 Å². The number of aromatic nitrogens is 3. The lowest BCUT2D eigenvalue weighted by molar-refractivity contribution is -0.119. The predicted molar refractivity (Wildman–Crippen MR) is 77.9 cm³/mol. The molecular formula is C14H19N5O. The number of hydrogen-bond donors (Lipinski definition) is 2. The van der Waals surface area contributed by atoms with Gasteiger partial charge in [-0.3, -0.25) is 4.79 Å². The number of benzene rings is 1. The molecule has 0 saturated carbocycles. The Hall–Kier alpha value is -2.21. The molecule has 1 aromatic heterocycles. The van der Waals surface area contributed by atoms with E-state index in [9.17, 15) is 4.79 Å². The first kappa shape index (κ1) is 14.2. The van der Waals surface area contributed by atoms with Crippen molar-refractivity contribution in [1.82, 2.24) is 14.8 Å². The van der Waals surface area contributed by atoms with Gasteiger partial charge in [0.05, 0.1) is 5.92 Å². The number of carbonyl (C=O) groups excluding carboxylic acids is 1. The smallest absolute Gasteiger partial charge is 0.228 e. The lowest BCUT2D eigenvalue weighted by Gasteiger charge is -2.13. The van der Waals surface area contributed by atoms with E-state index in [1.165, 1.54) is 0 Å². The molecule has 0 bridgehead atoms. The lowest BCUT2D eigenvalue weighted by Crippen LogP contribution is -2.28. The SMILES string of the molecule is CCC(CN)C(=O)Nc1cccc(-c2nncn2C)c1. The zero-order valence-corrected chi connectivity index (χ0v) is 11.7. The van der Waals surface area contributed by atoms with Gasteiger partial charge in [0, 0.05) is 24.8 Å². The number of nitrogens with one attached hydrogen (secondary N) is 1. The maximum absolute atomic E-state index is 12.0. The van der Waals surface area contributed by atoms with E-state index in [0.29, 0.717) is 6.54 Å². The largest absolute Gasteiger partial charge is 0.330 e. The summed E-state index contributed by atoms with van der Waals surface area (Å²) in [5.41, 5.74) is 7.23. The highest BCUT2D eigenvalue weighted by Gasteiger charge is 2.15. The first-order valence-electron chi connectivity index (χ1n) is 6.61. The Morgan fingerprint density at radius 2 is 2.30 bits per heavy atom. The Morgan fingerprint density at radius 1 is 1.50 bits per heavy atom. The van der Waals surface area contributed by atoms with Crippen molar-refractivity contribution < 1.29 is 4.79 Å². The van der Waals surface area contributed by atoms with E-state index in [1.54, 1.807) is 6.33 Å². The minimum absolute atomic E-state index is 0.0508. The second-order valence-electron chi connectivity index (χ2n) is 4.68. The number of anilines is 1. The van der Waals surface area contributed by atoms with Gasteiger partial charge in [0.15, 0.2) is 5.82 Å². The van der Waals surface area contributed by atoms with Gasteiger partial charge in [-0.15, -0.1) is 10.2 Å². The van der Waals surface area contributed by atoms with E-state index in [1.807, 2.05) is 42.8 Å². The predicted octanol–water partition coefficient (Wildman–Crippen LogP) is 1.41. The number of amides is 1. The summed E-state index contributed by atoms with van der Waals surface area (Å²) in [4.78, 5) is 12.0. The highest BCUT2D eigenvalue weighted by Crippen LogP contribution is 2.20. The molecule has 106 valence electrons. The molecule has 2 aromatic rings. The molecule has 1 heterocycles. The number of nitrogens with two attached hydrogens (primary N) is 1. The second kappa shape index (κ2) is 6.29. The first-order chi connectivity index (χ1) is 9.65. The van der Waals surface area contributed by atoms with Gasteiger partial charge in [-0.25, -0.2) is 0 Å². The lowest BCUT2D eigenvalue weighted by atomic mass is 10.1. The minimum atomic E-state index is -0.159. The third-order valence-electron chi connectivity index (χ3n) is 3.25. The molecule has 1 unspecified atom stereocenters. The molecule has 6 nitrogen and oxygen atoms in total. The molecule has 2 rings (SSSR count). The third kappa shape index (κ3) is 3.03. The zero-order chi connectivity index (χ0) is 14.5. The summed E-state index contributed by atoms with van der Waals surface area (Å²) in [6.07, 6.45) is 2.37. The Balaban J connectivity index is 2.19. The van der Waals surface area contributed by atoms with Crippen molar-refractivity contribution in [2.75, 3.05) is 11.9 Å². The molecule has 1 aromatic carbocycles. The molecule has 0 aliphatic heterocycles. The summed E-state index contributed by atoms with van der Waals surface area (Å²) < 4.78 is 1.83. The third-order valence-corrected chi connectivity index (χ3v) is 3.25. The Morgan fingerprint density at radius 3 is 2.90 bits per heavy atom. The van der Waals surface area contributed by atoms with Crippen molar-refractivity contribution in [3.8, 4) is 11.4 Å². The van der Waals surface area contributed by atoms with Crippen LogP contribution in [0.4, 0.5) is 5.69 Å². The fourth-order valence-corrected chi connectivity index (χ4v) is 1.98. The summed E-state index contributed by atoms with van der Waals surface area (Å²) in [5.74, 6) is 0.547. The fraction of sp³-hybridized carbons (Fsp3) is 0.357. The molecular weight excluding hydrogens is 254 g/mol. The summed E-state index contributed by atoms with van der Waals surface area (Å²) in [5, 5.41) is 10.8. The van der Waals surface area contributed by atoms with E-state index in [0.717, 1.165) is 23.5 Å². The van der Waals surface area contributed by atoms with Crippen molar-refractivity contribution in [3.63, 3.8) is 0 Å². The van der Waals surface area contributed by atoms with Gasteiger partial charge < -0.3 is 15.6 Å². The topological polar surface area (TPSA) is 85.8 Å². The van der Waals surface area contributed by atoms with Crippen LogP contribution in [-0.2, 0) is 11.8 Å². The Kier molecular flexibility index (Phi) is 4.47. The van der Waals surface area contributed by atoms with Crippen LogP contribution in [0.15, 0.2) is 30.6 Å². The van der Waals surface area contributed by atoms with Crippen LogP contribution >= 0.6 is 0 Å². The first-order valence-corrected chi connectivity index (χ1v) is 6.61.